The van der Waals surface area contributed by atoms with Crippen LogP contribution in [0.25, 0.3) is 0 Å². The van der Waals surface area contributed by atoms with Crippen molar-refractivity contribution in [3.8, 4) is 46.3 Å². The number of ether oxygens (including phenoxy) is 8. The number of piperazine rings is 1. The van der Waals surface area contributed by atoms with Crippen molar-refractivity contribution in [1.82, 2.24) is 15.1 Å². The molecule has 344 valence electrons. The Morgan fingerprint density at radius 3 is 2.34 bits per heavy atom. The Kier molecular flexibility index (Phi) is 11.9. The summed E-state index contributed by atoms with van der Waals surface area (Å²) in [6, 6.07) is 5.24. The molecule has 7 aliphatic rings. The molecule has 10 rings (SSSR count). The van der Waals surface area contributed by atoms with E-state index >= 15 is 4.79 Å². The molecule has 1 spiro atoms. The van der Waals surface area contributed by atoms with Gasteiger partial charge in [-0.1, -0.05) is 19.9 Å². The molecule has 7 aliphatic heterocycles. The van der Waals surface area contributed by atoms with E-state index in [1.165, 1.54) is 25.8 Å². The summed E-state index contributed by atoms with van der Waals surface area (Å²) in [6.07, 6.45) is 2.61. The number of aryl methyl sites for hydroxylation is 1. The number of carbonyl (C=O) groups is 4. The molecular formula is C48H54N4O12S. The van der Waals surface area contributed by atoms with Crippen molar-refractivity contribution in [3.05, 3.63) is 62.7 Å². The second kappa shape index (κ2) is 17.4. The van der Waals surface area contributed by atoms with E-state index in [0.717, 1.165) is 22.3 Å². The van der Waals surface area contributed by atoms with Crippen LogP contribution in [-0.4, -0.2) is 98.8 Å². The second-order valence-electron chi connectivity index (χ2n) is 17.5. The van der Waals surface area contributed by atoms with Crippen molar-refractivity contribution in [3.63, 3.8) is 0 Å². The van der Waals surface area contributed by atoms with E-state index < -0.39 is 58.8 Å². The Morgan fingerprint density at radius 2 is 1.65 bits per heavy atom. The lowest BCUT2D eigenvalue weighted by atomic mass is 9.71. The van der Waals surface area contributed by atoms with Crippen molar-refractivity contribution in [1.29, 1.82) is 5.26 Å². The number of nitrogens with zero attached hydrogens (tertiary/aromatic N) is 3. The first-order chi connectivity index (χ1) is 31.3. The van der Waals surface area contributed by atoms with Crippen LogP contribution in [0.5, 0.6) is 40.2 Å². The van der Waals surface area contributed by atoms with Gasteiger partial charge in [0.2, 0.25) is 6.79 Å². The number of esters is 4. The highest BCUT2D eigenvalue weighted by Crippen LogP contribution is 2.65. The van der Waals surface area contributed by atoms with E-state index in [2.05, 4.69) is 27.3 Å². The normalized spacial score (nSPS) is 26.1. The topological polar surface area (TPSA) is 184 Å². The second-order valence-corrected chi connectivity index (χ2v) is 18.6. The number of methoxy groups -OCH3 is 2. The van der Waals surface area contributed by atoms with Crippen LogP contribution in [0.2, 0.25) is 0 Å². The Morgan fingerprint density at radius 1 is 0.908 bits per heavy atom. The summed E-state index contributed by atoms with van der Waals surface area (Å²) >= 11 is 1.47. The minimum atomic E-state index is -1.43. The molecule has 16 nitrogen and oxygen atoms in total. The number of fused-ring (bicyclic) bond motifs is 9. The van der Waals surface area contributed by atoms with Gasteiger partial charge < -0.3 is 37.9 Å². The van der Waals surface area contributed by atoms with E-state index in [-0.39, 0.29) is 49.5 Å². The molecule has 65 heavy (non-hydrogen) atoms. The number of carbonyl (C=O) groups excluding carboxylic acids is 4. The van der Waals surface area contributed by atoms with Crippen molar-refractivity contribution < 1.29 is 57.1 Å². The van der Waals surface area contributed by atoms with Gasteiger partial charge in [-0.25, -0.2) is 4.79 Å². The van der Waals surface area contributed by atoms with Crippen molar-refractivity contribution in [2.75, 3.05) is 47.0 Å². The minimum absolute atomic E-state index is 0.0874. The molecule has 7 heterocycles. The van der Waals surface area contributed by atoms with Gasteiger partial charge in [-0.3, -0.25) is 29.5 Å². The van der Waals surface area contributed by atoms with Gasteiger partial charge in [0.25, 0.3) is 0 Å². The van der Waals surface area contributed by atoms with Gasteiger partial charge >= 0.3 is 23.9 Å². The first-order valence-corrected chi connectivity index (χ1v) is 23.3. The molecular weight excluding hydrogens is 857 g/mol. The Labute approximate surface area is 382 Å². The molecule has 4 bridgehead atoms. The third kappa shape index (κ3) is 7.06. The van der Waals surface area contributed by atoms with E-state index in [0.29, 0.717) is 83.2 Å². The number of likely N-dealkylation sites (N-methyl/N-ethyl adjacent to an activating group) is 1. The SMILES string of the molecule is CCCC(=O)Oc1cc2c(cc1OC)[C@@]1(CS[C@@H]3c4c(OC(C)=O)c(C)c5c(c4[C@H](COC1=O)N1C3[C@H]3c4c(cc(C)c(OC)c4OC(=O)CCC)C[C@@H]([C@@H]1C#N)N3C)OCO5)NCC2. The van der Waals surface area contributed by atoms with Crippen LogP contribution in [0, 0.1) is 25.2 Å². The Balaban J connectivity index is 1.30. The van der Waals surface area contributed by atoms with Gasteiger partial charge in [-0.2, -0.15) is 5.26 Å². The molecule has 1 N–H and O–H groups in total. The maximum absolute atomic E-state index is 15.1. The number of hydrogen-bond donors (Lipinski definition) is 1. The summed E-state index contributed by atoms with van der Waals surface area (Å²) < 4.78 is 49.1. The summed E-state index contributed by atoms with van der Waals surface area (Å²) in [7, 11) is 5.04. The maximum Gasteiger partial charge on any atom is 0.331 e. The van der Waals surface area contributed by atoms with Crippen LogP contribution in [0.3, 0.4) is 0 Å². The van der Waals surface area contributed by atoms with E-state index in [1.807, 2.05) is 34.7 Å². The zero-order valence-electron chi connectivity index (χ0n) is 37.9. The molecule has 2 saturated heterocycles. The summed E-state index contributed by atoms with van der Waals surface area (Å²) in [5.74, 6) is 0.731. The average Bonchev–Trinajstić information content (AvgIpc) is 3.77. The van der Waals surface area contributed by atoms with Crippen LogP contribution >= 0.6 is 11.8 Å². The molecule has 0 aromatic heterocycles. The predicted molar refractivity (Wildman–Crippen MR) is 236 cm³/mol. The van der Waals surface area contributed by atoms with Gasteiger partial charge in [-0.15, -0.1) is 11.8 Å². The van der Waals surface area contributed by atoms with Crippen molar-refractivity contribution in [2.45, 2.75) is 114 Å². The van der Waals surface area contributed by atoms with Crippen LogP contribution in [0.1, 0.15) is 108 Å². The van der Waals surface area contributed by atoms with E-state index in [4.69, 9.17) is 37.9 Å². The van der Waals surface area contributed by atoms with Crippen molar-refractivity contribution in [2.24, 2.45) is 0 Å². The Bertz CT molecular complexity index is 2540. The summed E-state index contributed by atoms with van der Waals surface area (Å²) in [5.41, 5.74) is 4.32. The van der Waals surface area contributed by atoms with Crippen LogP contribution < -0.4 is 38.5 Å². The molecule has 17 heteroatoms. The largest absolute Gasteiger partial charge is 0.493 e. The van der Waals surface area contributed by atoms with Gasteiger partial charge in [0.1, 0.15) is 18.4 Å². The zero-order valence-corrected chi connectivity index (χ0v) is 38.7. The van der Waals surface area contributed by atoms with E-state index in [9.17, 15) is 19.6 Å². The van der Waals surface area contributed by atoms with Gasteiger partial charge in [0.15, 0.2) is 40.0 Å². The highest BCUT2D eigenvalue weighted by molar-refractivity contribution is 7.99. The molecule has 2 fully saturated rings. The fraction of sp³-hybridized carbons (Fsp3) is 0.521. The Hall–Kier alpha value is -5.54. The van der Waals surface area contributed by atoms with Crippen LogP contribution in [0.4, 0.5) is 0 Å². The molecule has 0 saturated carbocycles. The van der Waals surface area contributed by atoms with Gasteiger partial charge in [-0.05, 0) is 81.0 Å². The number of benzene rings is 3. The average molecular weight is 911 g/mol. The predicted octanol–water partition coefficient (Wildman–Crippen LogP) is 5.99. The molecule has 3 aromatic carbocycles. The summed E-state index contributed by atoms with van der Waals surface area (Å²) in [4.78, 5) is 58.9. The van der Waals surface area contributed by atoms with Crippen molar-refractivity contribution >= 4 is 35.6 Å². The maximum atomic E-state index is 15.1. The number of rotatable bonds is 9. The molecule has 0 aliphatic carbocycles. The number of nitriles is 1. The molecule has 0 amide bonds. The lowest BCUT2D eigenvalue weighted by molar-refractivity contribution is -0.157. The number of nitrogens with one attached hydrogen (secondary N) is 1. The van der Waals surface area contributed by atoms with Gasteiger partial charge in [0.05, 0.1) is 37.6 Å². The fourth-order valence-electron chi connectivity index (χ4n) is 11.1. The monoisotopic (exact) mass is 910 g/mol. The smallest absolute Gasteiger partial charge is 0.331 e. The third-order valence-corrected chi connectivity index (χ3v) is 15.2. The quantitative estimate of drug-likeness (QED) is 0.195. The molecule has 1 unspecified atom stereocenters. The fourth-order valence-corrected chi connectivity index (χ4v) is 12.8. The van der Waals surface area contributed by atoms with Crippen LogP contribution in [0.15, 0.2) is 18.2 Å². The zero-order chi connectivity index (χ0) is 46.1. The van der Waals surface area contributed by atoms with Gasteiger partial charge in [0, 0.05) is 66.4 Å². The molecule has 7 atom stereocenters. The van der Waals surface area contributed by atoms with E-state index in [1.54, 1.807) is 19.2 Å². The number of hydrogen-bond acceptors (Lipinski definition) is 17. The number of thioether (sulfide) groups is 1. The minimum Gasteiger partial charge on any atom is -0.493 e. The molecule has 3 aromatic rings. The molecule has 0 radical (unpaired) electrons. The summed E-state index contributed by atoms with van der Waals surface area (Å²) in [5, 5.41) is 14.3. The third-order valence-electron chi connectivity index (χ3n) is 13.7. The first kappa shape index (κ1) is 44.7. The van der Waals surface area contributed by atoms with Crippen LogP contribution in [-0.2, 0) is 42.3 Å². The standard InChI is InChI=1S/C48H54N4O12S/c1-9-11-34(54)63-33-17-26-13-14-50-48(28(26)18-32(33)57-7)21-65-46-38-37(44-43(60-22-61-44)24(4)42(38)62-25(5)53)31(20-59-47(48)56)52-30(19-49)29-16-27-15-23(3)41(58-8)45(64-35(55)12-10-2)36(27)39(40(46)52)51(29)6/h15,17-18,29-31,39-40,46,50H,9-14,16,20-22H2,1-8H3/t29-,30-,31-,39+,40?,46+,48+/m0/s1. The summed E-state index contributed by atoms with van der Waals surface area (Å²) in [6.45, 7) is 9.01. The lowest BCUT2D eigenvalue weighted by Crippen LogP contribution is -2.69. The lowest BCUT2D eigenvalue weighted by Gasteiger charge is -2.62. The highest BCUT2D eigenvalue weighted by atomic mass is 32.2. The first-order valence-electron chi connectivity index (χ1n) is 22.2. The highest BCUT2D eigenvalue weighted by Gasteiger charge is 2.62.